The van der Waals surface area contributed by atoms with E-state index in [0.717, 1.165) is 11.3 Å². The fourth-order valence-electron chi connectivity index (χ4n) is 1.94. The number of carbonyl (C=O) groups is 1. The Balaban J connectivity index is 2.48. The van der Waals surface area contributed by atoms with Crippen molar-refractivity contribution in [2.75, 3.05) is 6.61 Å². The van der Waals surface area contributed by atoms with Gasteiger partial charge in [0.15, 0.2) is 0 Å². The zero-order chi connectivity index (χ0) is 15.8. The molecule has 4 heteroatoms. The van der Waals surface area contributed by atoms with Gasteiger partial charge in [0, 0.05) is 6.54 Å². The normalized spacial score (nSPS) is 12.5. The molecular formula is C17H28N2O2. The van der Waals surface area contributed by atoms with Crippen molar-refractivity contribution in [3.63, 3.8) is 0 Å². The van der Waals surface area contributed by atoms with Gasteiger partial charge in [0.25, 0.3) is 0 Å². The molecule has 0 aliphatic heterocycles. The second-order valence-electron chi connectivity index (χ2n) is 6.31. The molecule has 21 heavy (non-hydrogen) atoms. The molecule has 0 unspecified atom stereocenters. The summed E-state index contributed by atoms with van der Waals surface area (Å²) in [6.07, 6.45) is 0.698. The lowest BCUT2D eigenvalue weighted by Crippen LogP contribution is -2.41. The average molecular weight is 292 g/mol. The van der Waals surface area contributed by atoms with Gasteiger partial charge in [-0.1, -0.05) is 39.8 Å². The van der Waals surface area contributed by atoms with Gasteiger partial charge in [-0.3, -0.25) is 4.79 Å². The summed E-state index contributed by atoms with van der Waals surface area (Å²) in [7, 11) is 0. The molecule has 1 atom stereocenters. The Labute approximate surface area is 128 Å². The van der Waals surface area contributed by atoms with Crippen LogP contribution >= 0.6 is 0 Å². The van der Waals surface area contributed by atoms with Crippen molar-refractivity contribution in [1.29, 1.82) is 0 Å². The molecule has 0 aliphatic rings. The van der Waals surface area contributed by atoms with Crippen LogP contribution in [0.3, 0.4) is 0 Å². The summed E-state index contributed by atoms with van der Waals surface area (Å²) in [5.74, 6) is 1.64. The lowest BCUT2D eigenvalue weighted by atomic mass is 10.0. The molecule has 3 N–H and O–H groups in total. The van der Waals surface area contributed by atoms with E-state index in [2.05, 4.69) is 33.0 Å². The number of hydrogen-bond acceptors (Lipinski definition) is 3. The third-order valence-electron chi connectivity index (χ3n) is 3.01. The number of benzene rings is 1. The first kappa shape index (κ1) is 17.5. The molecule has 0 saturated heterocycles. The molecular weight excluding hydrogens is 264 g/mol. The van der Waals surface area contributed by atoms with Gasteiger partial charge in [0.1, 0.15) is 5.75 Å². The summed E-state index contributed by atoms with van der Waals surface area (Å²) in [5.41, 5.74) is 6.87. The zero-order valence-electron chi connectivity index (χ0n) is 13.6. The second-order valence-corrected chi connectivity index (χ2v) is 6.31. The average Bonchev–Trinajstić information content (AvgIpc) is 2.42. The van der Waals surface area contributed by atoms with Crippen molar-refractivity contribution in [1.82, 2.24) is 5.32 Å². The fraction of sp³-hybridized carbons (Fsp3) is 0.588. The van der Waals surface area contributed by atoms with E-state index in [1.54, 1.807) is 0 Å². The summed E-state index contributed by atoms with van der Waals surface area (Å²) in [6.45, 7) is 9.50. The van der Waals surface area contributed by atoms with E-state index in [9.17, 15) is 4.79 Å². The Morgan fingerprint density at radius 2 is 1.95 bits per heavy atom. The van der Waals surface area contributed by atoms with Crippen LogP contribution in [-0.4, -0.2) is 18.6 Å². The largest absolute Gasteiger partial charge is 0.493 e. The van der Waals surface area contributed by atoms with E-state index in [4.69, 9.17) is 10.5 Å². The third kappa shape index (κ3) is 7.14. The molecule has 0 heterocycles. The van der Waals surface area contributed by atoms with Crippen LogP contribution < -0.4 is 15.8 Å². The smallest absolute Gasteiger partial charge is 0.237 e. The summed E-state index contributed by atoms with van der Waals surface area (Å²) in [6, 6.07) is 7.35. The fourth-order valence-corrected chi connectivity index (χ4v) is 1.94. The van der Waals surface area contributed by atoms with Crippen molar-refractivity contribution in [2.45, 2.75) is 46.7 Å². The zero-order valence-corrected chi connectivity index (χ0v) is 13.6. The number of ether oxygens (including phenoxy) is 1. The van der Waals surface area contributed by atoms with Crippen molar-refractivity contribution >= 4 is 5.91 Å². The van der Waals surface area contributed by atoms with Gasteiger partial charge in [0.05, 0.1) is 12.6 Å². The van der Waals surface area contributed by atoms with Crippen molar-refractivity contribution < 1.29 is 9.53 Å². The minimum atomic E-state index is -0.439. The van der Waals surface area contributed by atoms with Gasteiger partial charge in [-0.05, 0) is 36.0 Å². The van der Waals surface area contributed by atoms with E-state index < -0.39 is 6.04 Å². The lowest BCUT2D eigenvalue weighted by molar-refractivity contribution is -0.122. The molecule has 118 valence electrons. The second kappa shape index (κ2) is 8.67. The van der Waals surface area contributed by atoms with Crippen LogP contribution in [0.5, 0.6) is 5.75 Å². The van der Waals surface area contributed by atoms with Crippen LogP contribution in [-0.2, 0) is 11.3 Å². The number of amides is 1. The Bertz CT molecular complexity index is 444. The van der Waals surface area contributed by atoms with Gasteiger partial charge in [-0.2, -0.15) is 0 Å². The van der Waals surface area contributed by atoms with Crippen molar-refractivity contribution in [3.05, 3.63) is 29.8 Å². The van der Waals surface area contributed by atoms with E-state index in [1.807, 2.05) is 24.3 Å². The summed E-state index contributed by atoms with van der Waals surface area (Å²) in [5, 5.41) is 2.88. The number of nitrogens with two attached hydrogens (primary N) is 1. The quantitative estimate of drug-likeness (QED) is 0.774. The molecule has 0 spiro atoms. The lowest BCUT2D eigenvalue weighted by Gasteiger charge is -2.14. The van der Waals surface area contributed by atoms with Crippen LogP contribution in [0.25, 0.3) is 0 Å². The van der Waals surface area contributed by atoms with E-state index in [0.29, 0.717) is 31.4 Å². The minimum Gasteiger partial charge on any atom is -0.493 e. The van der Waals surface area contributed by atoms with Crippen molar-refractivity contribution in [2.24, 2.45) is 17.6 Å². The predicted molar refractivity (Wildman–Crippen MR) is 86.1 cm³/mol. The molecule has 0 saturated carbocycles. The molecule has 0 radical (unpaired) electrons. The van der Waals surface area contributed by atoms with Gasteiger partial charge in [0.2, 0.25) is 5.91 Å². The highest BCUT2D eigenvalue weighted by Crippen LogP contribution is 2.14. The Morgan fingerprint density at radius 3 is 2.57 bits per heavy atom. The van der Waals surface area contributed by atoms with Crippen LogP contribution in [0.1, 0.15) is 39.7 Å². The predicted octanol–water partition coefficient (Wildman–Crippen LogP) is 2.71. The van der Waals surface area contributed by atoms with Gasteiger partial charge in [-0.25, -0.2) is 0 Å². The first-order valence-corrected chi connectivity index (χ1v) is 7.63. The van der Waals surface area contributed by atoms with Crippen LogP contribution in [0, 0.1) is 11.8 Å². The summed E-state index contributed by atoms with van der Waals surface area (Å²) >= 11 is 0. The monoisotopic (exact) mass is 292 g/mol. The van der Waals surface area contributed by atoms with E-state index in [-0.39, 0.29) is 5.91 Å². The van der Waals surface area contributed by atoms with E-state index >= 15 is 0 Å². The molecule has 1 amide bonds. The van der Waals surface area contributed by atoms with Crippen LogP contribution in [0.2, 0.25) is 0 Å². The molecule has 0 aliphatic carbocycles. The van der Waals surface area contributed by atoms with Gasteiger partial charge in [-0.15, -0.1) is 0 Å². The molecule has 1 rings (SSSR count). The van der Waals surface area contributed by atoms with Crippen LogP contribution in [0.15, 0.2) is 24.3 Å². The Morgan fingerprint density at radius 1 is 1.24 bits per heavy atom. The Hall–Kier alpha value is -1.55. The standard InChI is InChI=1S/C17H28N2O2/c1-12(2)8-16(18)17(20)19-10-14-6-5-7-15(9-14)21-11-13(3)4/h5-7,9,12-13,16H,8,10-11,18H2,1-4H3,(H,19,20)/t16-/m0/s1. The highest BCUT2D eigenvalue weighted by Gasteiger charge is 2.14. The summed E-state index contributed by atoms with van der Waals surface area (Å²) < 4.78 is 5.68. The number of carbonyl (C=O) groups excluding carboxylic acids is 1. The van der Waals surface area contributed by atoms with Crippen molar-refractivity contribution in [3.8, 4) is 5.75 Å². The van der Waals surface area contributed by atoms with Gasteiger partial charge >= 0.3 is 0 Å². The number of nitrogens with one attached hydrogen (secondary N) is 1. The Kier molecular flexibility index (Phi) is 7.23. The maximum Gasteiger partial charge on any atom is 0.237 e. The topological polar surface area (TPSA) is 64.3 Å². The highest BCUT2D eigenvalue weighted by atomic mass is 16.5. The van der Waals surface area contributed by atoms with Crippen LogP contribution in [0.4, 0.5) is 0 Å². The SMILES string of the molecule is CC(C)COc1cccc(CNC(=O)[C@@H](N)CC(C)C)c1. The van der Waals surface area contributed by atoms with Gasteiger partial charge < -0.3 is 15.8 Å². The first-order chi connectivity index (χ1) is 9.88. The first-order valence-electron chi connectivity index (χ1n) is 7.63. The number of rotatable bonds is 8. The molecule has 0 aromatic heterocycles. The summed E-state index contributed by atoms with van der Waals surface area (Å²) in [4.78, 5) is 11.9. The molecule has 0 bridgehead atoms. The third-order valence-corrected chi connectivity index (χ3v) is 3.01. The molecule has 4 nitrogen and oxygen atoms in total. The molecule has 1 aromatic carbocycles. The minimum absolute atomic E-state index is 0.0998. The molecule has 0 fully saturated rings. The maximum absolute atomic E-state index is 11.9. The highest BCUT2D eigenvalue weighted by molar-refractivity contribution is 5.81. The maximum atomic E-state index is 11.9. The number of hydrogen-bond donors (Lipinski definition) is 2. The van der Waals surface area contributed by atoms with E-state index in [1.165, 1.54) is 0 Å². The molecule has 1 aromatic rings.